The molecule has 0 rings (SSSR count). The highest BCUT2D eigenvalue weighted by atomic mass is 32.2. The van der Waals surface area contributed by atoms with E-state index in [0.717, 1.165) is 40.8 Å². The molecule has 3 atom stereocenters. The van der Waals surface area contributed by atoms with Gasteiger partial charge in [0.25, 0.3) is 0 Å². The summed E-state index contributed by atoms with van der Waals surface area (Å²) in [5.74, 6) is 4.89. The molecule has 0 N–H and O–H groups in total. The molecule has 0 spiro atoms. The van der Waals surface area contributed by atoms with Crippen LogP contribution in [0.4, 0.5) is 0 Å². The summed E-state index contributed by atoms with van der Waals surface area (Å²) in [4.78, 5) is 0. The van der Waals surface area contributed by atoms with Gasteiger partial charge in [-0.1, -0.05) is 55.4 Å². The zero-order valence-electron chi connectivity index (χ0n) is 14.2. The highest BCUT2D eigenvalue weighted by Gasteiger charge is 2.34. The van der Waals surface area contributed by atoms with Crippen LogP contribution in [-0.2, 0) is 0 Å². The molecule has 0 heterocycles. The molecule has 0 saturated carbocycles. The van der Waals surface area contributed by atoms with E-state index >= 15 is 0 Å². The fourth-order valence-electron chi connectivity index (χ4n) is 3.41. The van der Waals surface area contributed by atoms with Gasteiger partial charge in [-0.2, -0.15) is 11.8 Å². The Morgan fingerprint density at radius 3 is 1.44 bits per heavy atom. The predicted octanol–water partition coefficient (Wildman–Crippen LogP) is 5.96. The number of hydrogen-bond acceptors (Lipinski definition) is 1. The molecular formula is C17H36S. The average Bonchev–Trinajstić information content (AvgIpc) is 2.21. The van der Waals surface area contributed by atoms with Gasteiger partial charge in [-0.15, -0.1) is 0 Å². The Kier molecular flexibility index (Phi) is 8.67. The Hall–Kier alpha value is 0.350. The highest BCUT2D eigenvalue weighted by molar-refractivity contribution is 7.99. The van der Waals surface area contributed by atoms with E-state index in [-0.39, 0.29) is 0 Å². The molecule has 0 nitrogen and oxygen atoms in total. The molecule has 0 aromatic heterocycles. The van der Waals surface area contributed by atoms with E-state index in [4.69, 9.17) is 0 Å². The van der Waals surface area contributed by atoms with E-state index < -0.39 is 0 Å². The summed E-state index contributed by atoms with van der Waals surface area (Å²) in [6.07, 6.45) is 3.68. The lowest BCUT2D eigenvalue weighted by molar-refractivity contribution is 0.149. The van der Waals surface area contributed by atoms with Crippen molar-refractivity contribution in [2.24, 2.45) is 35.5 Å². The van der Waals surface area contributed by atoms with Crippen molar-refractivity contribution < 1.29 is 0 Å². The van der Waals surface area contributed by atoms with Gasteiger partial charge >= 0.3 is 0 Å². The van der Waals surface area contributed by atoms with Gasteiger partial charge in [-0.25, -0.2) is 0 Å². The minimum Gasteiger partial charge on any atom is -0.161 e. The van der Waals surface area contributed by atoms with E-state index in [1.807, 2.05) is 0 Å². The molecule has 0 amide bonds. The Morgan fingerprint density at radius 1 is 0.722 bits per heavy atom. The first-order valence-corrected chi connectivity index (χ1v) is 9.03. The topological polar surface area (TPSA) is 0 Å². The average molecular weight is 273 g/mol. The van der Waals surface area contributed by atoms with Gasteiger partial charge in [0.05, 0.1) is 0 Å². The van der Waals surface area contributed by atoms with Crippen LogP contribution in [0.3, 0.4) is 0 Å². The Bertz CT molecular complexity index is 206. The first-order chi connectivity index (χ1) is 8.22. The van der Waals surface area contributed by atoms with E-state index in [0.29, 0.717) is 0 Å². The standard InChI is InChI=1S/C17H36S/c1-11(2)10-15(12(3)4)16(13(5)6)17(18-9)14(7)8/h11-17H,10H2,1-9H3. The molecule has 0 aromatic rings. The predicted molar refractivity (Wildman–Crippen MR) is 88.3 cm³/mol. The lowest BCUT2D eigenvalue weighted by Gasteiger charge is -2.40. The molecule has 0 aliphatic rings. The zero-order valence-corrected chi connectivity index (χ0v) is 15.0. The summed E-state index contributed by atoms with van der Waals surface area (Å²) in [5.41, 5.74) is 0. The van der Waals surface area contributed by atoms with Crippen molar-refractivity contribution in [1.29, 1.82) is 0 Å². The second-order valence-corrected chi connectivity index (χ2v) is 8.32. The number of hydrogen-bond donors (Lipinski definition) is 0. The summed E-state index contributed by atoms with van der Waals surface area (Å²) < 4.78 is 0. The third-order valence-corrected chi connectivity index (χ3v) is 5.58. The summed E-state index contributed by atoms with van der Waals surface area (Å²) in [6, 6.07) is 0. The maximum Gasteiger partial charge on any atom is 0.0101 e. The fraction of sp³-hybridized carbons (Fsp3) is 1.00. The van der Waals surface area contributed by atoms with Crippen LogP contribution in [-0.4, -0.2) is 11.5 Å². The summed E-state index contributed by atoms with van der Waals surface area (Å²) in [5, 5.41) is 0.802. The first-order valence-electron chi connectivity index (χ1n) is 7.75. The van der Waals surface area contributed by atoms with Gasteiger partial charge in [0.15, 0.2) is 0 Å². The smallest absolute Gasteiger partial charge is 0.0101 e. The van der Waals surface area contributed by atoms with Crippen LogP contribution < -0.4 is 0 Å². The number of thioether (sulfide) groups is 1. The van der Waals surface area contributed by atoms with Crippen molar-refractivity contribution in [2.45, 2.75) is 67.1 Å². The zero-order chi connectivity index (χ0) is 14.5. The molecular weight excluding hydrogens is 236 g/mol. The van der Waals surface area contributed by atoms with Gasteiger partial charge in [-0.3, -0.25) is 0 Å². The molecule has 0 aromatic carbocycles. The molecule has 0 aliphatic carbocycles. The minimum absolute atomic E-state index is 0.779. The van der Waals surface area contributed by atoms with Crippen LogP contribution in [0.25, 0.3) is 0 Å². The molecule has 18 heavy (non-hydrogen) atoms. The minimum atomic E-state index is 0.779. The monoisotopic (exact) mass is 272 g/mol. The number of rotatable bonds is 8. The van der Waals surface area contributed by atoms with E-state index in [9.17, 15) is 0 Å². The molecule has 3 unspecified atom stereocenters. The van der Waals surface area contributed by atoms with Gasteiger partial charge in [-0.05, 0) is 48.2 Å². The molecule has 0 fully saturated rings. The fourth-order valence-corrected chi connectivity index (χ4v) is 4.78. The van der Waals surface area contributed by atoms with E-state index in [1.165, 1.54) is 6.42 Å². The molecule has 0 radical (unpaired) electrons. The lowest BCUT2D eigenvalue weighted by atomic mass is 9.70. The van der Waals surface area contributed by atoms with Crippen LogP contribution in [0.15, 0.2) is 0 Å². The van der Waals surface area contributed by atoms with Crippen LogP contribution >= 0.6 is 11.8 Å². The largest absolute Gasteiger partial charge is 0.161 e. The maximum atomic E-state index is 2.42. The van der Waals surface area contributed by atoms with Crippen molar-refractivity contribution in [1.82, 2.24) is 0 Å². The van der Waals surface area contributed by atoms with Gasteiger partial charge in [0, 0.05) is 5.25 Å². The van der Waals surface area contributed by atoms with Crippen LogP contribution in [0.5, 0.6) is 0 Å². The van der Waals surface area contributed by atoms with Crippen molar-refractivity contribution in [3.8, 4) is 0 Å². The highest BCUT2D eigenvalue weighted by Crippen LogP contribution is 2.41. The quantitative estimate of drug-likeness (QED) is 0.525. The molecule has 110 valence electrons. The molecule has 0 aliphatic heterocycles. The van der Waals surface area contributed by atoms with Gasteiger partial charge < -0.3 is 0 Å². The van der Waals surface area contributed by atoms with Crippen LogP contribution in [0.1, 0.15) is 61.8 Å². The van der Waals surface area contributed by atoms with Gasteiger partial charge in [0.2, 0.25) is 0 Å². The van der Waals surface area contributed by atoms with Crippen LogP contribution in [0, 0.1) is 35.5 Å². The van der Waals surface area contributed by atoms with Crippen molar-refractivity contribution >= 4 is 11.8 Å². The Labute approximate surface area is 121 Å². The SMILES string of the molecule is CSC(C(C)C)C(C(C)C)C(CC(C)C)C(C)C. The van der Waals surface area contributed by atoms with E-state index in [2.05, 4.69) is 73.4 Å². The molecule has 0 bridgehead atoms. The van der Waals surface area contributed by atoms with Gasteiger partial charge in [0.1, 0.15) is 0 Å². The normalized spacial score (nSPS) is 17.8. The third-order valence-electron chi connectivity index (χ3n) is 4.17. The second-order valence-electron chi connectivity index (χ2n) is 7.30. The molecule has 1 heteroatoms. The second kappa shape index (κ2) is 8.51. The maximum absolute atomic E-state index is 2.42. The van der Waals surface area contributed by atoms with Crippen molar-refractivity contribution in [3.05, 3.63) is 0 Å². The summed E-state index contributed by atoms with van der Waals surface area (Å²) in [7, 11) is 0. The van der Waals surface area contributed by atoms with E-state index in [1.54, 1.807) is 0 Å². The Balaban J connectivity index is 5.13. The lowest BCUT2D eigenvalue weighted by Crippen LogP contribution is -2.36. The molecule has 0 saturated heterocycles. The third kappa shape index (κ3) is 5.55. The van der Waals surface area contributed by atoms with Crippen molar-refractivity contribution in [3.63, 3.8) is 0 Å². The summed E-state index contributed by atoms with van der Waals surface area (Å²) in [6.45, 7) is 19.2. The first kappa shape index (κ1) is 18.4. The van der Waals surface area contributed by atoms with Crippen LogP contribution in [0.2, 0.25) is 0 Å². The summed E-state index contributed by atoms with van der Waals surface area (Å²) >= 11 is 2.09. The Morgan fingerprint density at radius 2 is 1.22 bits per heavy atom. The van der Waals surface area contributed by atoms with Crippen molar-refractivity contribution in [2.75, 3.05) is 6.26 Å².